The molecule has 1 aliphatic carbocycles. The number of carbonyl (C=O) groups is 1. The van der Waals surface area contributed by atoms with Crippen LogP contribution in [0.1, 0.15) is 34.9 Å². The Labute approximate surface area is 138 Å². The molecule has 122 valence electrons. The predicted molar refractivity (Wildman–Crippen MR) is 88.4 cm³/mol. The Kier molecular flexibility index (Phi) is 4.03. The second-order valence-corrected chi connectivity index (χ2v) is 7.66. The van der Waals surface area contributed by atoms with E-state index in [0.29, 0.717) is 17.3 Å². The molecule has 0 unspecified atom stereocenters. The van der Waals surface area contributed by atoms with Crippen molar-refractivity contribution < 1.29 is 13.2 Å². The van der Waals surface area contributed by atoms with Gasteiger partial charge in [-0.15, -0.1) is 0 Å². The van der Waals surface area contributed by atoms with Crippen LogP contribution in [0.4, 0.5) is 11.4 Å². The molecule has 0 radical (unpaired) electrons. The summed E-state index contributed by atoms with van der Waals surface area (Å²) < 4.78 is 24.7. The van der Waals surface area contributed by atoms with Gasteiger partial charge in [0.2, 0.25) is 10.0 Å². The first-order valence-corrected chi connectivity index (χ1v) is 9.23. The maximum Gasteiger partial charge on any atom is 0.276 e. The van der Waals surface area contributed by atoms with E-state index in [1.165, 1.54) is 12.1 Å². The van der Waals surface area contributed by atoms with Crippen molar-refractivity contribution in [3.05, 3.63) is 40.7 Å². The molecule has 7 nitrogen and oxygen atoms in total. The van der Waals surface area contributed by atoms with E-state index < -0.39 is 10.0 Å². The highest BCUT2D eigenvalue weighted by molar-refractivity contribution is 7.92. The van der Waals surface area contributed by atoms with E-state index in [4.69, 9.17) is 11.6 Å². The van der Waals surface area contributed by atoms with Gasteiger partial charge in [0.15, 0.2) is 5.69 Å². The van der Waals surface area contributed by atoms with Crippen LogP contribution in [0.5, 0.6) is 0 Å². The Bertz CT molecular complexity index is 859. The number of aromatic nitrogens is 2. The number of carbonyl (C=O) groups excluding carboxylic acids is 1. The minimum absolute atomic E-state index is 0.189. The molecule has 1 fully saturated rings. The van der Waals surface area contributed by atoms with Crippen LogP contribution in [0.15, 0.2) is 24.3 Å². The standard InChI is InChI=1S/C14H15ClN4O3S/c1-23(21,22)19-11-5-4-9(6-10(11)15)16-14(20)13-7-12(17-18-13)8-2-3-8/h4-8,19H,2-3H2,1H3,(H,16,20)(H,17,18). The lowest BCUT2D eigenvalue weighted by Crippen LogP contribution is -2.13. The molecule has 3 rings (SSSR count). The summed E-state index contributed by atoms with van der Waals surface area (Å²) in [6.45, 7) is 0. The molecule has 0 aliphatic heterocycles. The lowest BCUT2D eigenvalue weighted by molar-refractivity contribution is 0.102. The fourth-order valence-corrected chi connectivity index (χ4v) is 2.99. The van der Waals surface area contributed by atoms with Gasteiger partial charge in [-0.2, -0.15) is 5.10 Å². The Morgan fingerprint density at radius 1 is 1.35 bits per heavy atom. The largest absolute Gasteiger partial charge is 0.321 e. The molecule has 23 heavy (non-hydrogen) atoms. The molecule has 0 spiro atoms. The highest BCUT2D eigenvalue weighted by Crippen LogP contribution is 2.39. The molecule has 1 saturated carbocycles. The third-order valence-electron chi connectivity index (χ3n) is 3.37. The maximum absolute atomic E-state index is 12.1. The van der Waals surface area contributed by atoms with Crippen molar-refractivity contribution in [3.63, 3.8) is 0 Å². The number of H-pyrrole nitrogens is 1. The highest BCUT2D eigenvalue weighted by Gasteiger charge is 2.26. The minimum atomic E-state index is -3.41. The van der Waals surface area contributed by atoms with Crippen LogP contribution in [0.25, 0.3) is 0 Å². The molecule has 3 N–H and O–H groups in total. The lowest BCUT2D eigenvalue weighted by Gasteiger charge is -2.09. The molecule has 0 saturated heterocycles. The Balaban J connectivity index is 1.71. The second-order valence-electron chi connectivity index (χ2n) is 5.51. The Hall–Kier alpha value is -2.06. The van der Waals surface area contributed by atoms with Crippen LogP contribution in [-0.4, -0.2) is 30.8 Å². The summed E-state index contributed by atoms with van der Waals surface area (Å²) in [5.74, 6) is 0.132. The van der Waals surface area contributed by atoms with Crippen LogP contribution in [0.3, 0.4) is 0 Å². The number of aromatic amines is 1. The number of anilines is 2. The summed E-state index contributed by atoms with van der Waals surface area (Å²) in [7, 11) is -3.41. The fraction of sp³-hybridized carbons (Fsp3) is 0.286. The van der Waals surface area contributed by atoms with E-state index in [1.807, 2.05) is 0 Å². The van der Waals surface area contributed by atoms with Crippen molar-refractivity contribution in [1.29, 1.82) is 0 Å². The smallest absolute Gasteiger partial charge is 0.276 e. The lowest BCUT2D eigenvalue weighted by atomic mass is 10.2. The molecule has 0 bridgehead atoms. The van der Waals surface area contributed by atoms with E-state index in [1.54, 1.807) is 12.1 Å². The Morgan fingerprint density at radius 3 is 2.70 bits per heavy atom. The van der Waals surface area contributed by atoms with Crippen molar-refractivity contribution in [1.82, 2.24) is 10.2 Å². The Morgan fingerprint density at radius 2 is 2.09 bits per heavy atom. The van der Waals surface area contributed by atoms with Gasteiger partial charge in [0, 0.05) is 17.3 Å². The van der Waals surface area contributed by atoms with Gasteiger partial charge < -0.3 is 5.32 Å². The van der Waals surface area contributed by atoms with E-state index in [2.05, 4.69) is 20.2 Å². The summed E-state index contributed by atoms with van der Waals surface area (Å²) in [5, 5.41) is 9.73. The number of rotatable bonds is 5. The number of halogens is 1. The van der Waals surface area contributed by atoms with Gasteiger partial charge >= 0.3 is 0 Å². The average molecular weight is 355 g/mol. The zero-order valence-corrected chi connectivity index (χ0v) is 13.8. The van der Waals surface area contributed by atoms with E-state index in [9.17, 15) is 13.2 Å². The molecule has 1 heterocycles. The SMILES string of the molecule is CS(=O)(=O)Nc1ccc(NC(=O)c2cc(C3CC3)[nH]n2)cc1Cl. The minimum Gasteiger partial charge on any atom is -0.321 e. The molecular formula is C14H15ClN4O3S. The number of nitrogens with zero attached hydrogens (tertiary/aromatic N) is 1. The van der Waals surface area contributed by atoms with Crippen molar-refractivity contribution >= 4 is 38.9 Å². The highest BCUT2D eigenvalue weighted by atomic mass is 35.5. The number of hydrogen-bond donors (Lipinski definition) is 3. The third-order valence-corrected chi connectivity index (χ3v) is 4.27. The van der Waals surface area contributed by atoms with Gasteiger partial charge in [-0.05, 0) is 37.1 Å². The van der Waals surface area contributed by atoms with Crippen LogP contribution in [0.2, 0.25) is 5.02 Å². The van der Waals surface area contributed by atoms with Crippen LogP contribution in [-0.2, 0) is 10.0 Å². The van der Waals surface area contributed by atoms with Crippen LogP contribution in [0, 0.1) is 0 Å². The van der Waals surface area contributed by atoms with Crippen molar-refractivity contribution in [2.24, 2.45) is 0 Å². The van der Waals surface area contributed by atoms with Crippen molar-refractivity contribution in [2.75, 3.05) is 16.3 Å². The van der Waals surface area contributed by atoms with Crippen LogP contribution >= 0.6 is 11.6 Å². The summed E-state index contributed by atoms with van der Waals surface area (Å²) in [6.07, 6.45) is 3.27. The molecule has 1 amide bonds. The number of sulfonamides is 1. The van der Waals surface area contributed by atoms with Gasteiger partial charge in [-0.1, -0.05) is 11.6 Å². The summed E-state index contributed by atoms with van der Waals surface area (Å²) >= 11 is 6.02. The van der Waals surface area contributed by atoms with E-state index in [0.717, 1.165) is 24.8 Å². The summed E-state index contributed by atoms with van der Waals surface area (Å²) in [5.41, 5.74) is 1.99. The molecule has 1 aliphatic rings. The molecular weight excluding hydrogens is 340 g/mol. The number of amides is 1. The maximum atomic E-state index is 12.1. The van der Waals surface area contributed by atoms with Gasteiger partial charge in [0.25, 0.3) is 5.91 Å². The topological polar surface area (TPSA) is 104 Å². The quantitative estimate of drug-likeness (QED) is 0.767. The molecule has 1 aromatic heterocycles. The van der Waals surface area contributed by atoms with Crippen molar-refractivity contribution in [3.8, 4) is 0 Å². The summed E-state index contributed by atoms with van der Waals surface area (Å²) in [6, 6.07) is 6.26. The first-order valence-electron chi connectivity index (χ1n) is 6.96. The van der Waals surface area contributed by atoms with Crippen molar-refractivity contribution in [2.45, 2.75) is 18.8 Å². The van der Waals surface area contributed by atoms with Crippen LogP contribution < -0.4 is 10.0 Å². The fourth-order valence-electron chi connectivity index (χ4n) is 2.13. The molecule has 0 atom stereocenters. The number of nitrogens with one attached hydrogen (secondary N) is 3. The van der Waals surface area contributed by atoms with Gasteiger partial charge in [0.05, 0.1) is 17.0 Å². The normalized spacial score (nSPS) is 14.5. The van der Waals surface area contributed by atoms with Gasteiger partial charge in [-0.25, -0.2) is 8.42 Å². The van der Waals surface area contributed by atoms with Gasteiger partial charge in [0.1, 0.15) is 0 Å². The number of hydrogen-bond acceptors (Lipinski definition) is 4. The molecule has 9 heteroatoms. The first-order chi connectivity index (χ1) is 10.8. The van der Waals surface area contributed by atoms with E-state index in [-0.39, 0.29) is 16.6 Å². The zero-order valence-electron chi connectivity index (χ0n) is 12.3. The second kappa shape index (κ2) is 5.86. The molecule has 2 aromatic rings. The molecule has 1 aromatic carbocycles. The first kappa shape index (κ1) is 15.8. The van der Waals surface area contributed by atoms with E-state index >= 15 is 0 Å². The zero-order chi connectivity index (χ0) is 16.6. The predicted octanol–water partition coefficient (Wildman–Crippen LogP) is 2.56. The number of benzene rings is 1. The van der Waals surface area contributed by atoms with Gasteiger partial charge in [-0.3, -0.25) is 14.6 Å². The third kappa shape index (κ3) is 4.02. The monoisotopic (exact) mass is 354 g/mol. The average Bonchev–Trinajstić information content (AvgIpc) is 3.18. The summed E-state index contributed by atoms with van der Waals surface area (Å²) in [4.78, 5) is 12.1.